The van der Waals surface area contributed by atoms with Crippen LogP contribution < -0.4 is 5.32 Å². The molecule has 0 saturated heterocycles. The van der Waals surface area contributed by atoms with E-state index in [0.717, 1.165) is 0 Å². The largest absolute Gasteiger partial charge is 0.424 e. The molecule has 0 radical (unpaired) electrons. The summed E-state index contributed by atoms with van der Waals surface area (Å²) in [4.78, 5) is 11.9. The van der Waals surface area contributed by atoms with Crippen molar-refractivity contribution in [2.45, 2.75) is 13.8 Å². The number of nitrogens with one attached hydrogen (secondary N) is 1. The third-order valence-corrected chi connectivity index (χ3v) is 3.28. The Bertz CT molecular complexity index is 458. The third-order valence-electron chi connectivity index (χ3n) is 2.24. The summed E-state index contributed by atoms with van der Waals surface area (Å²) in [5.41, 5.74) is 0.467. The lowest BCUT2D eigenvalue weighted by atomic mass is 10.2. The van der Waals surface area contributed by atoms with Gasteiger partial charge in [0.05, 0.1) is 5.56 Å². The molecule has 1 N–H and O–H groups in total. The molecule has 0 bridgehead atoms. The second kappa shape index (κ2) is 8.61. The van der Waals surface area contributed by atoms with Gasteiger partial charge in [0.1, 0.15) is 10.4 Å². The first-order chi connectivity index (χ1) is 8.45. The maximum Gasteiger partial charge on any atom is 0.343 e. The molecule has 1 aromatic rings. The molecule has 0 unspecified atom stereocenters. The highest BCUT2D eigenvalue weighted by atomic mass is 79.9. The fourth-order valence-corrected chi connectivity index (χ4v) is 1.95. The molecule has 0 fully saturated rings. The zero-order chi connectivity index (χ0) is 13.7. The lowest BCUT2D eigenvalue weighted by Crippen LogP contribution is -2.14. The molecule has 0 aromatic heterocycles. The van der Waals surface area contributed by atoms with Crippen LogP contribution in [0.3, 0.4) is 0 Å². The van der Waals surface area contributed by atoms with Gasteiger partial charge in [-0.3, -0.25) is 0 Å². The summed E-state index contributed by atoms with van der Waals surface area (Å²) in [5, 5.41) is 3.50. The molecule has 0 aliphatic carbocycles. The van der Waals surface area contributed by atoms with E-state index >= 15 is 0 Å². The molecular weight excluding hydrogens is 397 g/mol. The number of rotatable bonds is 4. The van der Waals surface area contributed by atoms with Crippen LogP contribution in [0.25, 0.3) is 0 Å². The molecule has 0 aliphatic heterocycles. The Hall–Kier alpha value is -0.520. The summed E-state index contributed by atoms with van der Waals surface area (Å²) in [6.45, 7) is 3.89. The topological polar surface area (TPSA) is 38.3 Å². The third kappa shape index (κ3) is 5.55. The molecule has 0 amide bonds. The van der Waals surface area contributed by atoms with E-state index in [2.05, 4.69) is 21.2 Å². The van der Waals surface area contributed by atoms with Gasteiger partial charge in [-0.15, -0.1) is 17.0 Å². The Balaban J connectivity index is 0.00000324. The molecule has 1 rings (SSSR count). The highest BCUT2D eigenvalue weighted by molar-refractivity contribution is 9.11. The van der Waals surface area contributed by atoms with Crippen LogP contribution in [-0.2, 0) is 4.74 Å². The monoisotopic (exact) mass is 411 g/mol. The van der Waals surface area contributed by atoms with E-state index in [0.29, 0.717) is 21.0 Å². The number of carbonyl (C=O) groups is 1. The minimum atomic E-state index is -0.400. The van der Waals surface area contributed by atoms with Gasteiger partial charge in [0, 0.05) is 18.0 Å². The van der Waals surface area contributed by atoms with Gasteiger partial charge in [0.2, 0.25) is 0 Å². The Morgan fingerprint density at radius 2 is 1.84 bits per heavy atom. The summed E-state index contributed by atoms with van der Waals surface area (Å²) in [6, 6.07) is 6.58. The standard InChI is InChI=1S/C13H15BrClNO2.BrH/c1-8(2)11(12(14)16-3)18-13(17)9-4-6-10(15)7-5-9;/h4-8,16H,1-3H3;1H. The molecule has 0 aliphatic rings. The molecule has 1 aromatic carbocycles. The van der Waals surface area contributed by atoms with Gasteiger partial charge < -0.3 is 10.1 Å². The summed E-state index contributed by atoms with van der Waals surface area (Å²) >= 11 is 9.09. The lowest BCUT2D eigenvalue weighted by molar-refractivity contribution is 0.0592. The number of hydrogen-bond donors (Lipinski definition) is 1. The number of benzene rings is 1. The number of allylic oxidation sites excluding steroid dienone is 1. The van der Waals surface area contributed by atoms with E-state index in [1.165, 1.54) is 0 Å². The Morgan fingerprint density at radius 3 is 2.26 bits per heavy atom. The molecular formula is C13H16Br2ClNO2. The van der Waals surface area contributed by atoms with Crippen LogP contribution >= 0.6 is 44.5 Å². The first kappa shape index (κ1) is 18.5. The van der Waals surface area contributed by atoms with E-state index in [1.54, 1.807) is 31.3 Å². The van der Waals surface area contributed by atoms with Crippen LogP contribution in [0, 0.1) is 5.92 Å². The minimum absolute atomic E-state index is 0. The van der Waals surface area contributed by atoms with Gasteiger partial charge in [0.15, 0.2) is 0 Å². The van der Waals surface area contributed by atoms with E-state index in [1.807, 2.05) is 13.8 Å². The van der Waals surface area contributed by atoms with Gasteiger partial charge in [-0.2, -0.15) is 0 Å². The number of carbonyl (C=O) groups excluding carboxylic acids is 1. The molecule has 19 heavy (non-hydrogen) atoms. The van der Waals surface area contributed by atoms with Crippen molar-refractivity contribution in [2.75, 3.05) is 7.05 Å². The van der Waals surface area contributed by atoms with Crippen molar-refractivity contribution in [3.63, 3.8) is 0 Å². The average Bonchev–Trinajstić information content (AvgIpc) is 2.35. The maximum atomic E-state index is 11.9. The van der Waals surface area contributed by atoms with E-state index in [-0.39, 0.29) is 22.9 Å². The Kier molecular flexibility index (Phi) is 8.38. The first-order valence-electron chi connectivity index (χ1n) is 5.51. The second-order valence-electron chi connectivity index (χ2n) is 3.98. The second-order valence-corrected chi connectivity index (χ2v) is 5.21. The fourth-order valence-electron chi connectivity index (χ4n) is 1.28. The summed E-state index contributed by atoms with van der Waals surface area (Å²) in [6.07, 6.45) is 0. The number of esters is 1. The fraction of sp³-hybridized carbons (Fsp3) is 0.308. The Morgan fingerprint density at radius 1 is 1.32 bits per heavy atom. The van der Waals surface area contributed by atoms with Crippen molar-refractivity contribution in [3.05, 3.63) is 45.2 Å². The molecule has 0 spiro atoms. The van der Waals surface area contributed by atoms with Crippen LogP contribution in [0.4, 0.5) is 0 Å². The molecule has 6 heteroatoms. The molecule has 0 atom stereocenters. The highest BCUT2D eigenvalue weighted by Gasteiger charge is 2.16. The van der Waals surface area contributed by atoms with E-state index in [4.69, 9.17) is 16.3 Å². The van der Waals surface area contributed by atoms with Crippen molar-refractivity contribution < 1.29 is 9.53 Å². The smallest absolute Gasteiger partial charge is 0.343 e. The highest BCUT2D eigenvalue weighted by Crippen LogP contribution is 2.21. The van der Waals surface area contributed by atoms with Crippen molar-refractivity contribution in [2.24, 2.45) is 5.92 Å². The summed E-state index contributed by atoms with van der Waals surface area (Å²) < 4.78 is 6.05. The summed E-state index contributed by atoms with van der Waals surface area (Å²) in [7, 11) is 1.75. The quantitative estimate of drug-likeness (QED) is 0.448. The zero-order valence-electron chi connectivity index (χ0n) is 10.9. The Labute approximate surface area is 137 Å². The number of ether oxygens (including phenoxy) is 1. The molecule has 106 valence electrons. The number of halogens is 3. The minimum Gasteiger partial charge on any atom is -0.424 e. The van der Waals surface area contributed by atoms with Crippen molar-refractivity contribution in [1.82, 2.24) is 5.32 Å². The van der Waals surface area contributed by atoms with Crippen LogP contribution in [0.2, 0.25) is 5.02 Å². The predicted octanol–water partition coefficient (Wildman–Crippen LogP) is 4.51. The maximum absolute atomic E-state index is 11.9. The van der Waals surface area contributed by atoms with Gasteiger partial charge in [-0.25, -0.2) is 4.79 Å². The zero-order valence-corrected chi connectivity index (χ0v) is 14.9. The van der Waals surface area contributed by atoms with Crippen LogP contribution in [-0.4, -0.2) is 13.0 Å². The van der Waals surface area contributed by atoms with Crippen molar-refractivity contribution in [3.8, 4) is 0 Å². The normalized spacial score (nSPS) is 11.5. The van der Waals surface area contributed by atoms with Crippen molar-refractivity contribution in [1.29, 1.82) is 0 Å². The molecule has 0 saturated carbocycles. The van der Waals surface area contributed by atoms with Gasteiger partial charge >= 0.3 is 5.97 Å². The van der Waals surface area contributed by atoms with Crippen LogP contribution in [0.1, 0.15) is 24.2 Å². The SMILES string of the molecule is Br.CNC(Br)=C(OC(=O)c1ccc(Cl)cc1)C(C)C. The first-order valence-corrected chi connectivity index (χ1v) is 6.68. The molecule has 0 heterocycles. The van der Waals surface area contributed by atoms with Crippen LogP contribution in [0.5, 0.6) is 0 Å². The van der Waals surface area contributed by atoms with Gasteiger partial charge in [-0.05, 0) is 40.2 Å². The predicted molar refractivity (Wildman–Crippen MR) is 87.0 cm³/mol. The summed E-state index contributed by atoms with van der Waals surface area (Å²) in [5.74, 6) is 0.253. The molecule has 3 nitrogen and oxygen atoms in total. The van der Waals surface area contributed by atoms with Gasteiger partial charge in [0.25, 0.3) is 0 Å². The average molecular weight is 414 g/mol. The lowest BCUT2D eigenvalue weighted by Gasteiger charge is -2.14. The van der Waals surface area contributed by atoms with E-state index < -0.39 is 5.97 Å². The van der Waals surface area contributed by atoms with Crippen LogP contribution in [0.15, 0.2) is 34.6 Å². The number of hydrogen-bond acceptors (Lipinski definition) is 3. The van der Waals surface area contributed by atoms with Crippen molar-refractivity contribution >= 4 is 50.5 Å². The van der Waals surface area contributed by atoms with E-state index in [9.17, 15) is 4.79 Å². The van der Waals surface area contributed by atoms with Gasteiger partial charge in [-0.1, -0.05) is 25.4 Å².